The highest BCUT2D eigenvalue weighted by molar-refractivity contribution is 5.98. The minimum absolute atomic E-state index is 0.0233. The average molecular weight is 276 g/mol. The first-order chi connectivity index (χ1) is 9.56. The van der Waals surface area contributed by atoms with E-state index in [1.807, 2.05) is 13.8 Å². The van der Waals surface area contributed by atoms with Crippen molar-refractivity contribution in [1.29, 1.82) is 0 Å². The molecule has 20 heavy (non-hydrogen) atoms. The fourth-order valence-electron chi connectivity index (χ4n) is 2.26. The van der Waals surface area contributed by atoms with Gasteiger partial charge in [-0.3, -0.25) is 9.59 Å². The van der Waals surface area contributed by atoms with Crippen LogP contribution in [0, 0.1) is 5.92 Å². The maximum Gasteiger partial charge on any atom is 0.264 e. The third-order valence-corrected chi connectivity index (χ3v) is 3.67. The van der Waals surface area contributed by atoms with Gasteiger partial charge in [0, 0.05) is 24.7 Å². The van der Waals surface area contributed by atoms with Crippen LogP contribution in [0.2, 0.25) is 0 Å². The summed E-state index contributed by atoms with van der Waals surface area (Å²) >= 11 is 0. The van der Waals surface area contributed by atoms with Crippen LogP contribution in [-0.4, -0.2) is 25.5 Å². The van der Waals surface area contributed by atoms with E-state index in [0.717, 1.165) is 18.5 Å². The number of carbonyl (C=O) groups is 2. The van der Waals surface area contributed by atoms with Gasteiger partial charge in [0.25, 0.3) is 5.91 Å². The summed E-state index contributed by atoms with van der Waals surface area (Å²) in [6.45, 7) is 4.04. The molecule has 0 fully saturated rings. The fourth-order valence-corrected chi connectivity index (χ4v) is 2.26. The van der Waals surface area contributed by atoms with Gasteiger partial charge in [-0.15, -0.1) is 0 Å². The first kappa shape index (κ1) is 14.4. The second-order valence-electron chi connectivity index (χ2n) is 4.93. The molecule has 108 valence electrons. The third kappa shape index (κ3) is 2.76. The van der Waals surface area contributed by atoms with Crippen molar-refractivity contribution in [2.75, 3.05) is 23.9 Å². The van der Waals surface area contributed by atoms with Gasteiger partial charge in [0.15, 0.2) is 6.61 Å². The number of ether oxygens (including phenoxy) is 1. The van der Waals surface area contributed by atoms with Gasteiger partial charge in [-0.25, -0.2) is 0 Å². The number of nitrogens with one attached hydrogen (secondary N) is 1. The Morgan fingerprint density at radius 1 is 1.40 bits per heavy atom. The summed E-state index contributed by atoms with van der Waals surface area (Å²) < 4.78 is 5.40. The van der Waals surface area contributed by atoms with Gasteiger partial charge in [-0.2, -0.15) is 0 Å². The van der Waals surface area contributed by atoms with Gasteiger partial charge < -0.3 is 15.0 Å². The van der Waals surface area contributed by atoms with E-state index < -0.39 is 0 Å². The monoisotopic (exact) mass is 276 g/mol. The number of nitrogens with zero attached hydrogens (tertiary/aromatic N) is 1. The number of hydrogen-bond acceptors (Lipinski definition) is 3. The molecule has 0 bridgehead atoms. The summed E-state index contributed by atoms with van der Waals surface area (Å²) in [7, 11) is 1.71. The number of amides is 2. The lowest BCUT2D eigenvalue weighted by molar-refractivity contribution is -0.121. The summed E-state index contributed by atoms with van der Waals surface area (Å²) in [6, 6.07) is 5.34. The molecule has 1 aromatic carbocycles. The average Bonchev–Trinajstić information content (AvgIpc) is 2.44. The summed E-state index contributed by atoms with van der Waals surface area (Å²) in [6.07, 6.45) is 1.64. The molecule has 0 radical (unpaired) electrons. The summed E-state index contributed by atoms with van der Waals surface area (Å²) in [4.78, 5) is 25.1. The van der Waals surface area contributed by atoms with Crippen molar-refractivity contribution in [3.8, 4) is 5.75 Å². The minimum Gasteiger partial charge on any atom is -0.481 e. The van der Waals surface area contributed by atoms with Crippen molar-refractivity contribution in [1.82, 2.24) is 0 Å². The molecule has 1 heterocycles. The highest BCUT2D eigenvalue weighted by Gasteiger charge is 2.23. The number of carbonyl (C=O) groups excluding carboxylic acids is 2. The summed E-state index contributed by atoms with van der Waals surface area (Å²) in [5.74, 6) is 0.590. The van der Waals surface area contributed by atoms with E-state index in [4.69, 9.17) is 4.74 Å². The molecular weight excluding hydrogens is 256 g/mol. The van der Waals surface area contributed by atoms with E-state index in [1.54, 1.807) is 30.1 Å². The highest BCUT2D eigenvalue weighted by atomic mass is 16.5. The molecular formula is C15H20N2O3. The predicted molar refractivity (Wildman–Crippen MR) is 78.0 cm³/mol. The number of rotatable bonds is 4. The lowest BCUT2D eigenvalue weighted by atomic mass is 10.0. The predicted octanol–water partition coefficient (Wildman–Crippen LogP) is 2.42. The SMILES string of the molecule is CCC(CC)C(=O)Nc1ccc2c(c1)OCC(=O)N2C. The van der Waals surface area contributed by atoms with Gasteiger partial charge in [-0.05, 0) is 25.0 Å². The lowest BCUT2D eigenvalue weighted by Crippen LogP contribution is -2.35. The van der Waals surface area contributed by atoms with Gasteiger partial charge in [0.1, 0.15) is 5.75 Å². The Kier molecular flexibility index (Phi) is 4.27. The molecule has 1 aliphatic heterocycles. The standard InChI is InChI=1S/C15H20N2O3/c1-4-10(5-2)15(19)16-11-6-7-12-13(8-11)20-9-14(18)17(12)3/h6-8,10H,4-5,9H2,1-3H3,(H,16,19). The molecule has 0 saturated heterocycles. The first-order valence-corrected chi connectivity index (χ1v) is 6.91. The normalized spacial score (nSPS) is 14.0. The zero-order chi connectivity index (χ0) is 14.7. The first-order valence-electron chi connectivity index (χ1n) is 6.91. The van der Waals surface area contributed by atoms with Crippen LogP contribution in [0.15, 0.2) is 18.2 Å². The zero-order valence-corrected chi connectivity index (χ0v) is 12.1. The van der Waals surface area contributed by atoms with Crippen LogP contribution in [0.1, 0.15) is 26.7 Å². The lowest BCUT2D eigenvalue weighted by Gasteiger charge is -2.26. The van der Waals surface area contributed by atoms with Crippen molar-refractivity contribution < 1.29 is 14.3 Å². The van der Waals surface area contributed by atoms with E-state index in [0.29, 0.717) is 11.4 Å². The Bertz CT molecular complexity index is 524. The topological polar surface area (TPSA) is 58.6 Å². The Morgan fingerprint density at radius 2 is 2.10 bits per heavy atom. The molecule has 0 unspecified atom stereocenters. The second-order valence-corrected chi connectivity index (χ2v) is 4.93. The van der Waals surface area contributed by atoms with Gasteiger partial charge in [0.05, 0.1) is 5.69 Å². The van der Waals surface area contributed by atoms with Crippen LogP contribution >= 0.6 is 0 Å². The molecule has 0 aromatic heterocycles. The number of hydrogen-bond donors (Lipinski definition) is 1. The molecule has 5 heteroatoms. The molecule has 0 spiro atoms. The van der Waals surface area contributed by atoms with Crippen molar-refractivity contribution in [3.05, 3.63) is 18.2 Å². The number of fused-ring (bicyclic) bond motifs is 1. The Labute approximate surface area is 118 Å². The number of likely N-dealkylation sites (N-methyl/N-ethyl adjacent to an activating group) is 1. The van der Waals surface area contributed by atoms with E-state index in [9.17, 15) is 9.59 Å². The summed E-state index contributed by atoms with van der Waals surface area (Å²) in [5.41, 5.74) is 1.42. The smallest absolute Gasteiger partial charge is 0.264 e. The minimum atomic E-state index is -0.0775. The van der Waals surface area contributed by atoms with Crippen LogP contribution in [-0.2, 0) is 9.59 Å². The van der Waals surface area contributed by atoms with E-state index >= 15 is 0 Å². The quantitative estimate of drug-likeness (QED) is 0.918. The van der Waals surface area contributed by atoms with E-state index in [2.05, 4.69) is 5.32 Å². The Morgan fingerprint density at radius 3 is 2.75 bits per heavy atom. The van der Waals surface area contributed by atoms with Crippen LogP contribution < -0.4 is 15.0 Å². The molecule has 5 nitrogen and oxygen atoms in total. The molecule has 2 rings (SSSR count). The van der Waals surface area contributed by atoms with Crippen LogP contribution in [0.25, 0.3) is 0 Å². The van der Waals surface area contributed by atoms with Gasteiger partial charge in [0.2, 0.25) is 5.91 Å². The number of anilines is 2. The van der Waals surface area contributed by atoms with Crippen molar-refractivity contribution in [2.45, 2.75) is 26.7 Å². The molecule has 0 atom stereocenters. The van der Waals surface area contributed by atoms with Crippen molar-refractivity contribution >= 4 is 23.2 Å². The van der Waals surface area contributed by atoms with Crippen LogP contribution in [0.5, 0.6) is 5.75 Å². The molecule has 0 aliphatic carbocycles. The van der Waals surface area contributed by atoms with Crippen molar-refractivity contribution in [2.24, 2.45) is 5.92 Å². The number of benzene rings is 1. The Hall–Kier alpha value is -2.04. The van der Waals surface area contributed by atoms with E-state index in [1.165, 1.54) is 0 Å². The van der Waals surface area contributed by atoms with Crippen LogP contribution in [0.3, 0.4) is 0 Å². The molecule has 1 N–H and O–H groups in total. The summed E-state index contributed by atoms with van der Waals surface area (Å²) in [5, 5.41) is 2.90. The highest BCUT2D eigenvalue weighted by Crippen LogP contribution is 2.33. The van der Waals surface area contributed by atoms with Gasteiger partial charge >= 0.3 is 0 Å². The Balaban J connectivity index is 2.16. The second kappa shape index (κ2) is 5.94. The van der Waals surface area contributed by atoms with E-state index in [-0.39, 0.29) is 24.3 Å². The maximum atomic E-state index is 12.0. The third-order valence-electron chi connectivity index (χ3n) is 3.67. The van der Waals surface area contributed by atoms with Gasteiger partial charge in [-0.1, -0.05) is 13.8 Å². The fraction of sp³-hybridized carbons (Fsp3) is 0.467. The molecule has 0 saturated carbocycles. The van der Waals surface area contributed by atoms with Crippen molar-refractivity contribution in [3.63, 3.8) is 0 Å². The maximum absolute atomic E-state index is 12.0. The molecule has 2 amide bonds. The zero-order valence-electron chi connectivity index (χ0n) is 12.1. The largest absolute Gasteiger partial charge is 0.481 e. The molecule has 1 aliphatic rings. The van der Waals surface area contributed by atoms with Crippen LogP contribution in [0.4, 0.5) is 11.4 Å². The molecule has 1 aromatic rings.